The topological polar surface area (TPSA) is 83.2 Å². The van der Waals surface area contributed by atoms with Crippen LogP contribution in [0.1, 0.15) is 23.6 Å². The number of halogens is 1. The van der Waals surface area contributed by atoms with Crippen LogP contribution in [-0.4, -0.2) is 47.4 Å². The number of nitrogens with zero attached hydrogens (tertiary/aromatic N) is 3. The van der Waals surface area contributed by atoms with E-state index in [1.807, 2.05) is 36.1 Å². The minimum absolute atomic E-state index is 0.0441. The summed E-state index contributed by atoms with van der Waals surface area (Å²) in [6.07, 6.45) is 1.64. The molecule has 8 heteroatoms. The highest BCUT2D eigenvalue weighted by molar-refractivity contribution is 6.32. The number of nitrogens with one attached hydrogen (secondary N) is 1. The molecule has 0 saturated carbocycles. The standard InChI is InChI=1S/C24H26ClN5O2/c1-2-29-23(31)20(27-13-16-10-17-8-9-32-21(17)19(25)12-16)22(26)30-14-18(28-24(29)30)11-15-6-4-3-5-7-15/h3-7,10,12,18,27H,2,8-9,11,13-14,26H2,1H3/t18-/m1/s1. The molecule has 0 bridgehead atoms. The molecule has 0 fully saturated rings. The van der Waals surface area contributed by atoms with Crippen LogP contribution in [0.4, 0.5) is 0 Å². The second kappa shape index (κ2) is 8.39. The molecule has 3 heterocycles. The number of amides is 1. The van der Waals surface area contributed by atoms with E-state index in [1.165, 1.54) is 5.56 Å². The quantitative estimate of drug-likeness (QED) is 0.705. The Kier molecular flexibility index (Phi) is 5.43. The number of hydrogen-bond donors (Lipinski definition) is 2. The van der Waals surface area contributed by atoms with Crippen molar-refractivity contribution in [3.05, 3.63) is 75.7 Å². The summed E-state index contributed by atoms with van der Waals surface area (Å²) in [7, 11) is 0. The molecule has 2 aromatic rings. The smallest absolute Gasteiger partial charge is 0.280 e. The first-order valence-electron chi connectivity index (χ1n) is 10.9. The lowest BCUT2D eigenvalue weighted by atomic mass is 10.1. The van der Waals surface area contributed by atoms with Crippen LogP contribution in [0, 0.1) is 0 Å². The van der Waals surface area contributed by atoms with Crippen molar-refractivity contribution in [3.8, 4) is 5.75 Å². The van der Waals surface area contributed by atoms with Crippen molar-refractivity contribution in [1.82, 2.24) is 15.1 Å². The number of guanidine groups is 1. The predicted octanol–water partition coefficient (Wildman–Crippen LogP) is 2.64. The average molecular weight is 452 g/mol. The van der Waals surface area contributed by atoms with Crippen LogP contribution in [0.25, 0.3) is 0 Å². The van der Waals surface area contributed by atoms with Crippen LogP contribution in [0.15, 0.2) is 59.0 Å². The molecule has 7 nitrogen and oxygen atoms in total. The van der Waals surface area contributed by atoms with Crippen LogP contribution in [0.5, 0.6) is 5.75 Å². The van der Waals surface area contributed by atoms with E-state index in [9.17, 15) is 4.79 Å². The second-order valence-corrected chi connectivity index (χ2v) is 8.62. The number of nitrogens with two attached hydrogens (primary N) is 1. The number of ether oxygens (including phenoxy) is 1. The third-order valence-electron chi connectivity index (χ3n) is 6.08. The maximum absolute atomic E-state index is 13.2. The Bertz CT molecular complexity index is 1110. The van der Waals surface area contributed by atoms with Crippen LogP contribution in [0.3, 0.4) is 0 Å². The highest BCUT2D eigenvalue weighted by Gasteiger charge is 2.40. The Morgan fingerprint density at radius 1 is 1.25 bits per heavy atom. The fourth-order valence-corrected chi connectivity index (χ4v) is 4.84. The van der Waals surface area contributed by atoms with Gasteiger partial charge in [-0.3, -0.25) is 14.6 Å². The Morgan fingerprint density at radius 2 is 2.06 bits per heavy atom. The number of rotatable bonds is 6. The second-order valence-electron chi connectivity index (χ2n) is 8.21. The van der Waals surface area contributed by atoms with Gasteiger partial charge < -0.3 is 15.8 Å². The van der Waals surface area contributed by atoms with Gasteiger partial charge in [-0.1, -0.05) is 48.0 Å². The summed E-state index contributed by atoms with van der Waals surface area (Å²) in [6.45, 7) is 4.21. The first-order valence-corrected chi connectivity index (χ1v) is 11.3. The fraction of sp³-hybridized carbons (Fsp3) is 0.333. The highest BCUT2D eigenvalue weighted by Crippen LogP contribution is 2.34. The predicted molar refractivity (Wildman–Crippen MR) is 124 cm³/mol. The van der Waals surface area contributed by atoms with E-state index in [1.54, 1.807) is 4.90 Å². The molecule has 3 aliphatic heterocycles. The molecule has 0 aromatic heterocycles. The summed E-state index contributed by atoms with van der Waals surface area (Å²) in [6, 6.07) is 14.2. The summed E-state index contributed by atoms with van der Waals surface area (Å²) >= 11 is 6.37. The Labute approximate surface area is 192 Å². The lowest BCUT2D eigenvalue weighted by Crippen LogP contribution is -2.54. The maximum atomic E-state index is 13.2. The van der Waals surface area contributed by atoms with Gasteiger partial charge in [0.05, 0.1) is 24.2 Å². The normalized spacial score (nSPS) is 19.6. The van der Waals surface area contributed by atoms with Gasteiger partial charge in [0.1, 0.15) is 17.3 Å². The first-order chi connectivity index (χ1) is 15.5. The molecule has 3 aliphatic rings. The molecule has 0 saturated heterocycles. The summed E-state index contributed by atoms with van der Waals surface area (Å²) in [5, 5.41) is 3.86. The molecule has 2 aromatic carbocycles. The molecule has 166 valence electrons. The van der Waals surface area contributed by atoms with E-state index >= 15 is 0 Å². The summed E-state index contributed by atoms with van der Waals surface area (Å²) in [5.41, 5.74) is 10.2. The van der Waals surface area contributed by atoms with E-state index in [-0.39, 0.29) is 11.9 Å². The van der Waals surface area contributed by atoms with Crippen molar-refractivity contribution in [2.24, 2.45) is 10.7 Å². The third-order valence-corrected chi connectivity index (χ3v) is 6.36. The van der Waals surface area contributed by atoms with E-state index in [4.69, 9.17) is 27.1 Å². The summed E-state index contributed by atoms with van der Waals surface area (Å²) in [5.74, 6) is 1.67. The lowest BCUT2D eigenvalue weighted by Gasteiger charge is -2.35. The number of likely N-dealkylation sites (N-methyl/N-ethyl adjacent to an activating group) is 1. The molecular formula is C24H26ClN5O2. The first kappa shape index (κ1) is 20.7. The van der Waals surface area contributed by atoms with E-state index in [0.29, 0.717) is 48.7 Å². The van der Waals surface area contributed by atoms with Crippen LogP contribution in [-0.2, 0) is 24.2 Å². The van der Waals surface area contributed by atoms with Crippen LogP contribution < -0.4 is 15.8 Å². The molecule has 1 amide bonds. The van der Waals surface area contributed by atoms with Crippen molar-refractivity contribution in [1.29, 1.82) is 0 Å². The monoisotopic (exact) mass is 451 g/mol. The van der Waals surface area contributed by atoms with Crippen molar-refractivity contribution in [2.75, 3.05) is 19.7 Å². The molecule has 0 aliphatic carbocycles. The van der Waals surface area contributed by atoms with Gasteiger partial charge in [0.25, 0.3) is 5.91 Å². The molecule has 32 heavy (non-hydrogen) atoms. The molecular weight excluding hydrogens is 426 g/mol. The van der Waals surface area contributed by atoms with Crippen molar-refractivity contribution in [2.45, 2.75) is 32.4 Å². The van der Waals surface area contributed by atoms with Gasteiger partial charge in [-0.15, -0.1) is 0 Å². The Balaban J connectivity index is 1.36. The minimum atomic E-state index is -0.157. The minimum Gasteiger partial charge on any atom is -0.491 e. The number of aliphatic imine (C=N–C) groups is 1. The number of carbonyl (C=O) groups is 1. The molecule has 0 radical (unpaired) electrons. The number of carbonyl (C=O) groups excluding carboxylic acids is 1. The zero-order valence-electron chi connectivity index (χ0n) is 18.0. The zero-order chi connectivity index (χ0) is 22.2. The molecule has 5 rings (SSSR count). The zero-order valence-corrected chi connectivity index (χ0v) is 18.7. The van der Waals surface area contributed by atoms with Crippen molar-refractivity contribution in [3.63, 3.8) is 0 Å². The average Bonchev–Trinajstić information content (AvgIpc) is 3.42. The largest absolute Gasteiger partial charge is 0.491 e. The summed E-state index contributed by atoms with van der Waals surface area (Å²) < 4.78 is 5.58. The molecule has 0 unspecified atom stereocenters. The van der Waals surface area contributed by atoms with Crippen molar-refractivity contribution < 1.29 is 9.53 Å². The van der Waals surface area contributed by atoms with Gasteiger partial charge in [-0.25, -0.2) is 4.99 Å². The fourth-order valence-electron chi connectivity index (χ4n) is 4.52. The SMILES string of the molecule is CCN1C(=O)C(NCc2cc(Cl)c3c(c2)CCO3)=C(N)N2C[C@@H](Cc3ccccc3)N=C12. The summed E-state index contributed by atoms with van der Waals surface area (Å²) in [4.78, 5) is 21.7. The van der Waals surface area contributed by atoms with Crippen LogP contribution >= 0.6 is 11.6 Å². The molecule has 1 atom stereocenters. The number of fused-ring (bicyclic) bond motifs is 2. The Hall–Kier alpha value is -3.19. The maximum Gasteiger partial charge on any atom is 0.280 e. The third kappa shape index (κ3) is 3.66. The molecule has 0 spiro atoms. The van der Waals surface area contributed by atoms with Crippen molar-refractivity contribution >= 4 is 23.5 Å². The van der Waals surface area contributed by atoms with Gasteiger partial charge in [0, 0.05) is 19.5 Å². The van der Waals surface area contributed by atoms with Gasteiger partial charge in [0.2, 0.25) is 5.96 Å². The van der Waals surface area contributed by atoms with E-state index < -0.39 is 0 Å². The van der Waals surface area contributed by atoms with Gasteiger partial charge >= 0.3 is 0 Å². The Morgan fingerprint density at radius 3 is 2.84 bits per heavy atom. The highest BCUT2D eigenvalue weighted by atomic mass is 35.5. The van der Waals surface area contributed by atoms with Crippen LogP contribution in [0.2, 0.25) is 5.02 Å². The lowest BCUT2D eigenvalue weighted by molar-refractivity contribution is -0.124. The number of hydrogen-bond acceptors (Lipinski definition) is 6. The van der Waals surface area contributed by atoms with E-state index in [0.717, 1.165) is 29.7 Å². The van der Waals surface area contributed by atoms with Gasteiger partial charge in [-0.05, 0) is 36.1 Å². The van der Waals surface area contributed by atoms with Gasteiger partial charge in [0.15, 0.2) is 0 Å². The molecule has 3 N–H and O–H groups in total. The number of benzene rings is 2. The van der Waals surface area contributed by atoms with E-state index in [2.05, 4.69) is 23.5 Å². The van der Waals surface area contributed by atoms with Gasteiger partial charge in [-0.2, -0.15) is 0 Å².